The van der Waals surface area contributed by atoms with E-state index in [-0.39, 0.29) is 37.5 Å². The van der Waals surface area contributed by atoms with Crippen LogP contribution in [0.4, 0.5) is 0 Å². The molecule has 0 rings (SSSR count). The first-order valence-electron chi connectivity index (χ1n) is 30.8. The molecule has 0 aromatic carbocycles. The van der Waals surface area contributed by atoms with Gasteiger partial charge >= 0.3 is 17.9 Å². The third-order valence-corrected chi connectivity index (χ3v) is 12.6. The molecule has 0 aromatic rings. The van der Waals surface area contributed by atoms with Crippen LogP contribution in [0.15, 0.2) is 146 Å². The smallest absolute Gasteiger partial charge is 0.306 e. The zero-order valence-electron chi connectivity index (χ0n) is 49.0. The molecule has 0 spiro atoms. The zero-order chi connectivity index (χ0) is 55.0. The molecular formula is C70H112O6. The normalized spacial score (nSPS) is 13.1. The molecule has 0 fully saturated rings. The van der Waals surface area contributed by atoms with Gasteiger partial charge in [0.05, 0.1) is 0 Å². The van der Waals surface area contributed by atoms with Crippen molar-refractivity contribution >= 4 is 17.9 Å². The molecule has 0 saturated heterocycles. The Morgan fingerprint density at radius 3 is 0.882 bits per heavy atom. The summed E-state index contributed by atoms with van der Waals surface area (Å²) < 4.78 is 16.8. The molecule has 0 heterocycles. The lowest BCUT2D eigenvalue weighted by Gasteiger charge is -2.18. The molecule has 0 bridgehead atoms. The standard InChI is InChI=1S/C70H112O6/c1-4-7-10-13-16-19-22-24-26-28-30-31-32-33-34-35-36-37-38-39-41-42-44-46-48-51-54-57-60-63-69(72)75-66-67(65-74-68(71)62-59-56-53-50-21-18-15-12-9-6-3)76-70(73)64-61-58-55-52-49-47-45-43-40-29-27-25-23-20-17-14-11-8-5-2/h7,10,16-17,19-20,24-27,30-31,33-34,36-37,39-41,43-44,46,51,54,67H,4-6,8-9,11-15,18,21-23,28-29,32,35,38,42,45,47-50,52-53,55-66H2,1-3H3/b10-7-,19-16-,20-17-,26-24-,27-25-,31-30-,34-33-,37-36-,41-39-,43-40-,46-44-,54-51-. The fraction of sp³-hybridized carbons (Fsp3) is 0.614. The van der Waals surface area contributed by atoms with Crippen LogP contribution < -0.4 is 0 Å². The van der Waals surface area contributed by atoms with Gasteiger partial charge in [-0.3, -0.25) is 14.4 Å². The van der Waals surface area contributed by atoms with E-state index in [2.05, 4.69) is 167 Å². The summed E-state index contributed by atoms with van der Waals surface area (Å²) in [5, 5.41) is 0. The average Bonchev–Trinajstić information content (AvgIpc) is 3.42. The van der Waals surface area contributed by atoms with Crippen LogP contribution in [0.1, 0.15) is 258 Å². The van der Waals surface area contributed by atoms with E-state index in [9.17, 15) is 14.4 Å². The largest absolute Gasteiger partial charge is 0.462 e. The summed E-state index contributed by atoms with van der Waals surface area (Å²) >= 11 is 0. The van der Waals surface area contributed by atoms with Crippen LogP contribution in [0.5, 0.6) is 0 Å². The molecule has 0 saturated carbocycles. The predicted octanol–water partition coefficient (Wildman–Crippen LogP) is 21.2. The number of ether oxygens (including phenoxy) is 3. The molecule has 6 heteroatoms. The SMILES string of the molecule is CC/C=C\C/C=C\C/C=C\C/C=C\C/C=C\C/C=C\C/C=C\C/C=C\C/C=C\CCCC(=O)OCC(COC(=O)CCCCCCCCCCCC)OC(=O)CCCCCCCC/C=C\C/C=C\C/C=C\CCCCC. The Morgan fingerprint density at radius 1 is 0.276 bits per heavy atom. The van der Waals surface area contributed by atoms with Gasteiger partial charge in [0.2, 0.25) is 0 Å². The minimum Gasteiger partial charge on any atom is -0.462 e. The van der Waals surface area contributed by atoms with Crippen molar-refractivity contribution in [1.82, 2.24) is 0 Å². The number of esters is 3. The van der Waals surface area contributed by atoms with Crippen LogP contribution in [0.3, 0.4) is 0 Å². The molecule has 0 N–H and O–H groups in total. The van der Waals surface area contributed by atoms with Crippen molar-refractivity contribution in [3.05, 3.63) is 146 Å². The first-order chi connectivity index (χ1) is 37.5. The van der Waals surface area contributed by atoms with Crippen LogP contribution in [-0.4, -0.2) is 37.2 Å². The van der Waals surface area contributed by atoms with Gasteiger partial charge in [-0.05, 0) is 122 Å². The molecule has 0 aliphatic heterocycles. The highest BCUT2D eigenvalue weighted by Crippen LogP contribution is 2.14. The van der Waals surface area contributed by atoms with Crippen LogP contribution in [-0.2, 0) is 28.6 Å². The van der Waals surface area contributed by atoms with E-state index in [0.29, 0.717) is 19.3 Å². The van der Waals surface area contributed by atoms with Gasteiger partial charge in [0.1, 0.15) is 13.2 Å². The number of carbonyl (C=O) groups excluding carboxylic acids is 3. The first kappa shape index (κ1) is 71.3. The molecule has 0 aromatic heterocycles. The predicted molar refractivity (Wildman–Crippen MR) is 329 cm³/mol. The van der Waals surface area contributed by atoms with Crippen molar-refractivity contribution in [3.63, 3.8) is 0 Å². The average molecular weight is 1050 g/mol. The summed E-state index contributed by atoms with van der Waals surface area (Å²) in [7, 11) is 0. The molecule has 428 valence electrons. The van der Waals surface area contributed by atoms with Crippen molar-refractivity contribution in [2.45, 2.75) is 264 Å². The highest BCUT2D eigenvalue weighted by molar-refractivity contribution is 5.71. The lowest BCUT2D eigenvalue weighted by molar-refractivity contribution is -0.167. The number of allylic oxidation sites excluding steroid dienone is 24. The lowest BCUT2D eigenvalue weighted by Crippen LogP contribution is -2.30. The monoisotopic (exact) mass is 1050 g/mol. The molecule has 0 aliphatic rings. The fourth-order valence-corrected chi connectivity index (χ4v) is 7.98. The van der Waals surface area contributed by atoms with E-state index in [0.717, 1.165) is 128 Å². The van der Waals surface area contributed by atoms with E-state index in [1.54, 1.807) is 0 Å². The number of carbonyl (C=O) groups is 3. The second-order valence-electron chi connectivity index (χ2n) is 19.9. The Morgan fingerprint density at radius 2 is 0.526 bits per heavy atom. The van der Waals surface area contributed by atoms with Crippen molar-refractivity contribution in [2.75, 3.05) is 13.2 Å². The van der Waals surface area contributed by atoms with Crippen LogP contribution in [0.25, 0.3) is 0 Å². The van der Waals surface area contributed by atoms with Gasteiger partial charge in [0.15, 0.2) is 6.10 Å². The Balaban J connectivity index is 4.42. The topological polar surface area (TPSA) is 78.9 Å². The first-order valence-corrected chi connectivity index (χ1v) is 30.8. The molecule has 76 heavy (non-hydrogen) atoms. The van der Waals surface area contributed by atoms with E-state index in [1.165, 1.54) is 83.5 Å². The summed E-state index contributed by atoms with van der Waals surface area (Å²) in [5.74, 6) is -0.985. The molecule has 0 amide bonds. The minimum absolute atomic E-state index is 0.105. The van der Waals surface area contributed by atoms with Crippen molar-refractivity contribution in [1.29, 1.82) is 0 Å². The van der Waals surface area contributed by atoms with Crippen LogP contribution in [0.2, 0.25) is 0 Å². The third kappa shape index (κ3) is 60.2. The Bertz CT molecular complexity index is 1680. The number of hydrogen-bond donors (Lipinski definition) is 0. The molecule has 6 nitrogen and oxygen atoms in total. The summed E-state index contributed by atoms with van der Waals surface area (Å²) in [5.41, 5.74) is 0. The number of rotatable bonds is 54. The number of unbranched alkanes of at least 4 members (excludes halogenated alkanes) is 19. The van der Waals surface area contributed by atoms with Crippen molar-refractivity contribution in [3.8, 4) is 0 Å². The second-order valence-corrected chi connectivity index (χ2v) is 19.9. The Labute approximate surface area is 467 Å². The van der Waals surface area contributed by atoms with Gasteiger partial charge in [0.25, 0.3) is 0 Å². The van der Waals surface area contributed by atoms with E-state index in [1.807, 2.05) is 0 Å². The summed E-state index contributed by atoms with van der Waals surface area (Å²) in [6.45, 7) is 6.42. The van der Waals surface area contributed by atoms with E-state index < -0.39 is 6.10 Å². The number of hydrogen-bond acceptors (Lipinski definition) is 6. The maximum atomic E-state index is 12.9. The van der Waals surface area contributed by atoms with Crippen molar-refractivity contribution < 1.29 is 28.6 Å². The highest BCUT2D eigenvalue weighted by atomic mass is 16.6. The van der Waals surface area contributed by atoms with Crippen molar-refractivity contribution in [2.24, 2.45) is 0 Å². The molecule has 1 atom stereocenters. The van der Waals surface area contributed by atoms with Crippen LogP contribution in [0, 0.1) is 0 Å². The zero-order valence-corrected chi connectivity index (χ0v) is 49.0. The minimum atomic E-state index is -0.813. The third-order valence-electron chi connectivity index (χ3n) is 12.6. The summed E-state index contributed by atoms with van der Waals surface area (Å²) in [4.78, 5) is 38.1. The highest BCUT2D eigenvalue weighted by Gasteiger charge is 2.19. The van der Waals surface area contributed by atoms with Gasteiger partial charge in [-0.25, -0.2) is 0 Å². The van der Waals surface area contributed by atoms with Gasteiger partial charge in [0, 0.05) is 19.3 Å². The summed E-state index contributed by atoms with van der Waals surface area (Å²) in [6, 6.07) is 0. The van der Waals surface area contributed by atoms with E-state index in [4.69, 9.17) is 14.2 Å². The summed E-state index contributed by atoms with van der Waals surface area (Å²) in [6.07, 6.45) is 90.0. The molecule has 1 unspecified atom stereocenters. The Hall–Kier alpha value is -4.71. The van der Waals surface area contributed by atoms with Crippen LogP contribution >= 0.6 is 0 Å². The molecule has 0 aliphatic carbocycles. The Kier molecular flexibility index (Phi) is 58.9. The maximum absolute atomic E-state index is 12.9. The molecular weight excluding hydrogens is 937 g/mol. The van der Waals surface area contributed by atoms with E-state index >= 15 is 0 Å². The van der Waals surface area contributed by atoms with Gasteiger partial charge in [-0.1, -0.05) is 263 Å². The second kappa shape index (κ2) is 62.8. The lowest BCUT2D eigenvalue weighted by atomic mass is 10.1. The van der Waals surface area contributed by atoms with Gasteiger partial charge < -0.3 is 14.2 Å². The quantitative estimate of drug-likeness (QED) is 0.0261. The fourth-order valence-electron chi connectivity index (χ4n) is 7.98. The van der Waals surface area contributed by atoms with Gasteiger partial charge in [-0.15, -0.1) is 0 Å². The van der Waals surface area contributed by atoms with Gasteiger partial charge in [-0.2, -0.15) is 0 Å². The maximum Gasteiger partial charge on any atom is 0.306 e. The molecule has 0 radical (unpaired) electrons.